The van der Waals surface area contributed by atoms with Gasteiger partial charge in [0.2, 0.25) is 5.91 Å². The van der Waals surface area contributed by atoms with Gasteiger partial charge in [0, 0.05) is 39.5 Å². The smallest absolute Gasteiger partial charge is 0.330 e. The van der Waals surface area contributed by atoms with Crippen molar-refractivity contribution >= 4 is 12.0 Å². The Labute approximate surface area is 122 Å². The number of amides is 1. The van der Waals surface area contributed by atoms with Crippen LogP contribution in [-0.4, -0.2) is 33.0 Å². The lowest BCUT2D eigenvalue weighted by Crippen LogP contribution is -2.37. The van der Waals surface area contributed by atoms with E-state index in [0.717, 1.165) is 4.57 Å². The SMILES string of the molecule is C=CCN(CC=C)C(=O)/C=C/c1cn(C)c(=O)n(C)c1=O. The van der Waals surface area contributed by atoms with Gasteiger partial charge in [-0.3, -0.25) is 14.2 Å². The molecule has 0 aliphatic heterocycles. The summed E-state index contributed by atoms with van der Waals surface area (Å²) in [6.45, 7) is 7.95. The fourth-order valence-electron chi connectivity index (χ4n) is 1.78. The normalized spacial score (nSPS) is 10.6. The van der Waals surface area contributed by atoms with E-state index < -0.39 is 11.2 Å². The summed E-state index contributed by atoms with van der Waals surface area (Å²) < 4.78 is 2.28. The third-order valence-electron chi connectivity index (χ3n) is 2.89. The molecule has 1 aromatic heterocycles. The summed E-state index contributed by atoms with van der Waals surface area (Å²) >= 11 is 0. The minimum atomic E-state index is -0.443. The predicted octanol–water partition coefficient (Wildman–Crippen LogP) is 0.298. The van der Waals surface area contributed by atoms with Crippen molar-refractivity contribution in [2.24, 2.45) is 14.1 Å². The van der Waals surface area contributed by atoms with E-state index in [1.54, 1.807) is 19.2 Å². The fourth-order valence-corrected chi connectivity index (χ4v) is 1.78. The van der Waals surface area contributed by atoms with Gasteiger partial charge in [-0.1, -0.05) is 12.2 Å². The van der Waals surface area contributed by atoms with Gasteiger partial charge in [0.1, 0.15) is 0 Å². The number of aromatic nitrogens is 2. The fraction of sp³-hybridized carbons (Fsp3) is 0.267. The molecular weight excluding hydrogens is 270 g/mol. The molecule has 21 heavy (non-hydrogen) atoms. The lowest BCUT2D eigenvalue weighted by Gasteiger charge is -2.16. The summed E-state index contributed by atoms with van der Waals surface area (Å²) in [5.41, 5.74) is -0.588. The van der Waals surface area contributed by atoms with Crippen LogP contribution >= 0.6 is 0 Å². The monoisotopic (exact) mass is 289 g/mol. The molecule has 1 heterocycles. The van der Waals surface area contributed by atoms with Crippen LogP contribution < -0.4 is 11.2 Å². The molecule has 112 valence electrons. The van der Waals surface area contributed by atoms with Gasteiger partial charge in [-0.05, 0) is 6.08 Å². The molecule has 0 saturated heterocycles. The average Bonchev–Trinajstić information content (AvgIpc) is 2.47. The summed E-state index contributed by atoms with van der Waals surface area (Å²) in [6.07, 6.45) is 7.33. The molecule has 0 atom stereocenters. The topological polar surface area (TPSA) is 64.3 Å². The van der Waals surface area contributed by atoms with E-state index in [1.807, 2.05) is 0 Å². The second-order valence-corrected chi connectivity index (χ2v) is 4.50. The van der Waals surface area contributed by atoms with E-state index in [-0.39, 0.29) is 11.5 Å². The highest BCUT2D eigenvalue weighted by Crippen LogP contribution is 1.97. The van der Waals surface area contributed by atoms with Gasteiger partial charge in [0.25, 0.3) is 5.56 Å². The van der Waals surface area contributed by atoms with Crippen molar-refractivity contribution in [1.82, 2.24) is 14.0 Å². The molecule has 0 aromatic carbocycles. The van der Waals surface area contributed by atoms with E-state index in [4.69, 9.17) is 0 Å². The maximum Gasteiger partial charge on any atom is 0.330 e. The molecule has 1 amide bonds. The first-order chi connectivity index (χ1) is 9.92. The van der Waals surface area contributed by atoms with Crippen LogP contribution in [0.3, 0.4) is 0 Å². The molecule has 0 N–H and O–H groups in total. The maximum absolute atomic E-state index is 12.0. The van der Waals surface area contributed by atoms with Gasteiger partial charge in [-0.25, -0.2) is 4.79 Å². The number of carbonyl (C=O) groups excluding carboxylic acids is 1. The van der Waals surface area contributed by atoms with Crippen molar-refractivity contribution in [3.63, 3.8) is 0 Å². The first-order valence-electron chi connectivity index (χ1n) is 6.37. The van der Waals surface area contributed by atoms with Crippen molar-refractivity contribution in [3.05, 3.63) is 64.0 Å². The average molecular weight is 289 g/mol. The Bertz CT molecular complexity index is 685. The molecule has 0 radical (unpaired) electrons. The first kappa shape index (κ1) is 16.4. The Hall–Kier alpha value is -2.63. The molecule has 0 unspecified atom stereocenters. The number of rotatable bonds is 6. The molecule has 0 spiro atoms. The van der Waals surface area contributed by atoms with Crippen LogP contribution in [0.4, 0.5) is 0 Å². The molecule has 1 aromatic rings. The van der Waals surface area contributed by atoms with E-state index in [2.05, 4.69) is 13.2 Å². The van der Waals surface area contributed by atoms with Gasteiger partial charge in [-0.15, -0.1) is 13.2 Å². The van der Waals surface area contributed by atoms with Gasteiger partial charge >= 0.3 is 5.69 Å². The number of aryl methyl sites for hydroxylation is 1. The lowest BCUT2D eigenvalue weighted by atomic mass is 10.3. The van der Waals surface area contributed by atoms with Crippen molar-refractivity contribution < 1.29 is 4.79 Å². The van der Waals surface area contributed by atoms with Crippen LogP contribution in [0.5, 0.6) is 0 Å². The van der Waals surface area contributed by atoms with Crippen LogP contribution in [0.25, 0.3) is 6.08 Å². The van der Waals surface area contributed by atoms with Crippen molar-refractivity contribution in [2.45, 2.75) is 0 Å². The molecule has 0 fully saturated rings. The Balaban J connectivity index is 3.07. The maximum atomic E-state index is 12.0. The molecular formula is C15H19N3O3. The Kier molecular flexibility index (Phi) is 5.66. The molecule has 0 aliphatic carbocycles. The third-order valence-corrected chi connectivity index (χ3v) is 2.89. The summed E-state index contributed by atoms with van der Waals surface area (Å²) in [6, 6.07) is 0. The van der Waals surface area contributed by atoms with Crippen molar-refractivity contribution in [2.75, 3.05) is 13.1 Å². The summed E-state index contributed by atoms with van der Waals surface area (Å²) in [5.74, 6) is -0.259. The van der Waals surface area contributed by atoms with Gasteiger partial charge < -0.3 is 9.47 Å². The van der Waals surface area contributed by atoms with E-state index in [1.165, 1.54) is 34.9 Å². The number of hydrogen-bond donors (Lipinski definition) is 0. The Morgan fingerprint density at radius 3 is 2.33 bits per heavy atom. The highest BCUT2D eigenvalue weighted by atomic mass is 16.2. The van der Waals surface area contributed by atoms with E-state index in [9.17, 15) is 14.4 Å². The zero-order valence-electron chi connectivity index (χ0n) is 12.3. The van der Waals surface area contributed by atoms with Crippen LogP contribution in [0.2, 0.25) is 0 Å². The highest BCUT2D eigenvalue weighted by molar-refractivity contribution is 5.91. The van der Waals surface area contributed by atoms with Crippen LogP contribution in [0.1, 0.15) is 5.56 Å². The molecule has 6 nitrogen and oxygen atoms in total. The van der Waals surface area contributed by atoms with E-state index in [0.29, 0.717) is 13.1 Å². The van der Waals surface area contributed by atoms with Crippen LogP contribution in [0.15, 0.2) is 47.2 Å². The van der Waals surface area contributed by atoms with Crippen LogP contribution in [0, 0.1) is 0 Å². The number of carbonyl (C=O) groups is 1. The zero-order valence-corrected chi connectivity index (χ0v) is 12.3. The summed E-state index contributed by atoms with van der Waals surface area (Å²) in [4.78, 5) is 37.0. The standard InChI is InChI=1S/C15H19N3O3/c1-5-9-18(10-6-2)13(19)8-7-12-11-16(3)15(21)17(4)14(12)20/h5-8,11H,1-2,9-10H2,3-4H3/b8-7+. The van der Waals surface area contributed by atoms with Crippen molar-refractivity contribution in [3.8, 4) is 0 Å². The molecule has 0 aliphatic rings. The Morgan fingerprint density at radius 2 is 1.81 bits per heavy atom. The second-order valence-electron chi connectivity index (χ2n) is 4.50. The molecule has 1 rings (SSSR count). The number of hydrogen-bond acceptors (Lipinski definition) is 3. The molecule has 6 heteroatoms. The van der Waals surface area contributed by atoms with Crippen molar-refractivity contribution in [1.29, 1.82) is 0 Å². The first-order valence-corrected chi connectivity index (χ1v) is 6.37. The number of nitrogens with zero attached hydrogens (tertiary/aromatic N) is 3. The molecule has 0 bridgehead atoms. The van der Waals surface area contributed by atoms with E-state index >= 15 is 0 Å². The molecule has 0 saturated carbocycles. The summed E-state index contributed by atoms with van der Waals surface area (Å²) in [5, 5.41) is 0. The minimum absolute atomic E-state index is 0.259. The lowest BCUT2D eigenvalue weighted by molar-refractivity contribution is -0.124. The quantitative estimate of drug-likeness (QED) is 0.559. The van der Waals surface area contributed by atoms with Crippen LogP contribution in [-0.2, 0) is 18.9 Å². The summed E-state index contributed by atoms with van der Waals surface area (Å²) in [7, 11) is 2.94. The Morgan fingerprint density at radius 1 is 1.24 bits per heavy atom. The second kappa shape index (κ2) is 7.23. The highest BCUT2D eigenvalue weighted by Gasteiger charge is 2.08. The third kappa shape index (κ3) is 3.92. The van der Waals surface area contributed by atoms with Gasteiger partial charge in [0.15, 0.2) is 0 Å². The largest absolute Gasteiger partial charge is 0.332 e. The van der Waals surface area contributed by atoms with Gasteiger partial charge in [0.05, 0.1) is 5.56 Å². The van der Waals surface area contributed by atoms with Gasteiger partial charge in [-0.2, -0.15) is 0 Å². The minimum Gasteiger partial charge on any atom is -0.332 e. The predicted molar refractivity (Wildman–Crippen MR) is 82.9 cm³/mol. The zero-order chi connectivity index (χ0) is 16.0.